The first-order chi connectivity index (χ1) is 13.0. The molecule has 2 aliphatic rings. The van der Waals surface area contributed by atoms with E-state index in [0.29, 0.717) is 23.6 Å². The first-order valence-electron chi connectivity index (χ1n) is 8.94. The number of carbonyl (C=O) groups excluding carboxylic acids is 3. The number of rotatable bonds is 7. The predicted molar refractivity (Wildman–Crippen MR) is 96.9 cm³/mol. The fourth-order valence-corrected chi connectivity index (χ4v) is 3.13. The Morgan fingerprint density at radius 2 is 2.07 bits per heavy atom. The van der Waals surface area contributed by atoms with Crippen molar-refractivity contribution in [2.45, 2.75) is 25.8 Å². The molecule has 0 fully saturated rings. The van der Waals surface area contributed by atoms with E-state index in [9.17, 15) is 14.4 Å². The minimum Gasteiger partial charge on any atom is -0.497 e. The van der Waals surface area contributed by atoms with Gasteiger partial charge in [0.1, 0.15) is 18.9 Å². The molecule has 0 radical (unpaired) electrons. The standard InChI is InChI=1S/C19H23N3O5/c1-3-4-9-20-15(23)10-22-14-11-27-18(24)16(14)17(21-19(22)25)12-5-7-13(26-2)8-6-12/h5-8,17H,3-4,9-11H2,1-2H3,(H,20,23)(H,21,25)/t17-/m0/s1. The summed E-state index contributed by atoms with van der Waals surface area (Å²) in [7, 11) is 1.57. The molecular formula is C19H23N3O5. The van der Waals surface area contributed by atoms with Crippen molar-refractivity contribution in [1.29, 1.82) is 0 Å². The van der Waals surface area contributed by atoms with Gasteiger partial charge in [-0.3, -0.25) is 9.69 Å². The van der Waals surface area contributed by atoms with E-state index in [0.717, 1.165) is 18.4 Å². The molecule has 0 aromatic heterocycles. The lowest BCUT2D eigenvalue weighted by Crippen LogP contribution is -2.50. The number of nitrogens with zero attached hydrogens (tertiary/aromatic N) is 1. The van der Waals surface area contributed by atoms with Gasteiger partial charge in [0.25, 0.3) is 0 Å². The normalized spacial score (nSPS) is 18.7. The highest BCUT2D eigenvalue weighted by Crippen LogP contribution is 2.35. The third kappa shape index (κ3) is 3.89. The Morgan fingerprint density at radius 3 is 2.74 bits per heavy atom. The molecule has 0 unspecified atom stereocenters. The van der Waals surface area contributed by atoms with Crippen LogP contribution in [0.1, 0.15) is 31.4 Å². The molecule has 0 aliphatic carbocycles. The van der Waals surface area contributed by atoms with Crippen molar-refractivity contribution in [3.63, 3.8) is 0 Å². The van der Waals surface area contributed by atoms with Crippen LogP contribution in [0.3, 0.4) is 0 Å². The Hall–Kier alpha value is -3.03. The minimum absolute atomic E-state index is 0.0174. The molecule has 2 N–H and O–H groups in total. The summed E-state index contributed by atoms with van der Waals surface area (Å²) in [5.74, 6) is -0.0793. The molecule has 3 rings (SSSR count). The van der Waals surface area contributed by atoms with Crippen molar-refractivity contribution >= 4 is 17.9 Å². The van der Waals surface area contributed by atoms with Crippen LogP contribution in [0.15, 0.2) is 35.5 Å². The van der Waals surface area contributed by atoms with E-state index in [-0.39, 0.29) is 19.1 Å². The molecule has 27 heavy (non-hydrogen) atoms. The molecule has 8 nitrogen and oxygen atoms in total. The third-order valence-corrected chi connectivity index (χ3v) is 4.60. The molecule has 144 valence electrons. The second kappa shape index (κ2) is 8.11. The number of amides is 3. The number of benzene rings is 1. The topological polar surface area (TPSA) is 97.0 Å². The number of unbranched alkanes of at least 4 members (excludes halogenated alkanes) is 1. The van der Waals surface area contributed by atoms with Crippen molar-refractivity contribution < 1.29 is 23.9 Å². The van der Waals surface area contributed by atoms with E-state index in [1.54, 1.807) is 31.4 Å². The summed E-state index contributed by atoms with van der Waals surface area (Å²) in [6.45, 7) is 2.42. The van der Waals surface area contributed by atoms with Crippen molar-refractivity contribution in [3.8, 4) is 5.75 Å². The number of ether oxygens (including phenoxy) is 2. The van der Waals surface area contributed by atoms with Gasteiger partial charge in [-0.2, -0.15) is 0 Å². The summed E-state index contributed by atoms with van der Waals surface area (Å²) in [6.07, 6.45) is 1.83. The van der Waals surface area contributed by atoms with E-state index in [4.69, 9.17) is 9.47 Å². The van der Waals surface area contributed by atoms with Crippen LogP contribution >= 0.6 is 0 Å². The maximum Gasteiger partial charge on any atom is 0.338 e. The van der Waals surface area contributed by atoms with E-state index in [1.807, 2.05) is 6.92 Å². The molecule has 0 bridgehead atoms. The van der Waals surface area contributed by atoms with Gasteiger partial charge in [-0.05, 0) is 24.1 Å². The lowest BCUT2D eigenvalue weighted by molar-refractivity contribution is -0.136. The molecule has 1 aromatic carbocycles. The van der Waals surface area contributed by atoms with Crippen LogP contribution < -0.4 is 15.4 Å². The van der Waals surface area contributed by atoms with E-state index >= 15 is 0 Å². The molecule has 0 spiro atoms. The lowest BCUT2D eigenvalue weighted by Gasteiger charge is -2.32. The number of hydrogen-bond acceptors (Lipinski definition) is 5. The molecule has 1 atom stereocenters. The van der Waals surface area contributed by atoms with Gasteiger partial charge in [0.2, 0.25) is 5.91 Å². The molecule has 2 aliphatic heterocycles. The van der Waals surface area contributed by atoms with Gasteiger partial charge >= 0.3 is 12.0 Å². The smallest absolute Gasteiger partial charge is 0.338 e. The Kier molecular flexibility index (Phi) is 5.63. The van der Waals surface area contributed by atoms with Gasteiger partial charge in [-0.1, -0.05) is 25.5 Å². The number of esters is 1. The van der Waals surface area contributed by atoms with Crippen LogP contribution in [0, 0.1) is 0 Å². The summed E-state index contributed by atoms with van der Waals surface area (Å²) in [4.78, 5) is 38.3. The SMILES string of the molecule is CCCCNC(=O)CN1C(=O)N[C@@H](c2ccc(OC)cc2)C2=C1COC2=O. The molecule has 3 amide bonds. The predicted octanol–water partition coefficient (Wildman–Crippen LogP) is 1.49. The first kappa shape index (κ1) is 18.8. The maximum atomic E-state index is 12.6. The lowest BCUT2D eigenvalue weighted by atomic mass is 9.95. The van der Waals surface area contributed by atoms with Crippen LogP contribution in [-0.2, 0) is 14.3 Å². The van der Waals surface area contributed by atoms with Gasteiger partial charge in [-0.15, -0.1) is 0 Å². The highest BCUT2D eigenvalue weighted by Gasteiger charge is 2.42. The van der Waals surface area contributed by atoms with Crippen molar-refractivity contribution in [2.24, 2.45) is 0 Å². The fraction of sp³-hybridized carbons (Fsp3) is 0.421. The third-order valence-electron chi connectivity index (χ3n) is 4.60. The van der Waals surface area contributed by atoms with Gasteiger partial charge < -0.3 is 20.1 Å². The zero-order valence-corrected chi connectivity index (χ0v) is 15.4. The second-order valence-corrected chi connectivity index (χ2v) is 6.38. The van der Waals surface area contributed by atoms with Crippen molar-refractivity contribution in [1.82, 2.24) is 15.5 Å². The first-order valence-corrected chi connectivity index (χ1v) is 8.94. The zero-order valence-electron chi connectivity index (χ0n) is 15.4. The number of methoxy groups -OCH3 is 1. The zero-order chi connectivity index (χ0) is 19.4. The monoisotopic (exact) mass is 373 g/mol. The van der Waals surface area contributed by atoms with Crippen LogP contribution in [0.4, 0.5) is 4.79 Å². The average Bonchev–Trinajstić information content (AvgIpc) is 3.06. The summed E-state index contributed by atoms with van der Waals surface area (Å²) in [5.41, 5.74) is 1.54. The highest BCUT2D eigenvalue weighted by atomic mass is 16.5. The van der Waals surface area contributed by atoms with Crippen molar-refractivity contribution in [2.75, 3.05) is 26.8 Å². The summed E-state index contributed by atoms with van der Waals surface area (Å²) in [5, 5.41) is 5.58. The summed E-state index contributed by atoms with van der Waals surface area (Å²) >= 11 is 0. The van der Waals surface area contributed by atoms with Gasteiger partial charge in [0.15, 0.2) is 0 Å². The maximum absolute atomic E-state index is 12.6. The number of nitrogens with one attached hydrogen (secondary N) is 2. The average molecular weight is 373 g/mol. The molecule has 0 saturated heterocycles. The number of urea groups is 1. The Balaban J connectivity index is 1.83. The van der Waals surface area contributed by atoms with E-state index < -0.39 is 18.0 Å². The summed E-state index contributed by atoms with van der Waals surface area (Å²) < 4.78 is 10.3. The molecule has 8 heteroatoms. The molecule has 2 heterocycles. The van der Waals surface area contributed by atoms with Gasteiger partial charge in [0, 0.05) is 6.54 Å². The minimum atomic E-state index is -0.618. The van der Waals surface area contributed by atoms with Crippen molar-refractivity contribution in [3.05, 3.63) is 41.1 Å². The second-order valence-electron chi connectivity index (χ2n) is 6.38. The summed E-state index contributed by atoms with van der Waals surface area (Å²) in [6, 6.07) is 6.04. The number of hydrogen-bond donors (Lipinski definition) is 2. The van der Waals surface area contributed by atoms with Crippen LogP contribution in [-0.4, -0.2) is 49.6 Å². The molecule has 0 saturated carbocycles. The van der Waals surface area contributed by atoms with E-state index in [1.165, 1.54) is 4.90 Å². The highest BCUT2D eigenvalue weighted by molar-refractivity contribution is 5.98. The van der Waals surface area contributed by atoms with Crippen LogP contribution in [0.2, 0.25) is 0 Å². The molecule has 1 aromatic rings. The van der Waals surface area contributed by atoms with Crippen LogP contribution in [0.25, 0.3) is 0 Å². The Bertz CT molecular complexity index is 772. The van der Waals surface area contributed by atoms with E-state index in [2.05, 4.69) is 10.6 Å². The Labute approximate surface area is 157 Å². The number of cyclic esters (lactones) is 1. The molecular weight excluding hydrogens is 350 g/mol. The van der Waals surface area contributed by atoms with Gasteiger partial charge in [-0.25, -0.2) is 9.59 Å². The van der Waals surface area contributed by atoms with Gasteiger partial charge in [0.05, 0.1) is 24.4 Å². The number of carbonyl (C=O) groups is 3. The largest absolute Gasteiger partial charge is 0.497 e. The Morgan fingerprint density at radius 1 is 1.33 bits per heavy atom. The quantitative estimate of drug-likeness (QED) is 0.558. The fourth-order valence-electron chi connectivity index (χ4n) is 3.13. The van der Waals surface area contributed by atoms with Crippen LogP contribution in [0.5, 0.6) is 5.75 Å².